The molecule has 0 bridgehead atoms. The van der Waals surface area contributed by atoms with Gasteiger partial charge >= 0.3 is 5.97 Å². The zero-order valence-corrected chi connectivity index (χ0v) is 15.0. The van der Waals surface area contributed by atoms with E-state index in [1.807, 2.05) is 0 Å². The number of nitrogens with one attached hydrogen (secondary N) is 1. The van der Waals surface area contributed by atoms with Gasteiger partial charge in [0.25, 0.3) is 5.91 Å². The van der Waals surface area contributed by atoms with E-state index in [1.165, 1.54) is 7.11 Å². The van der Waals surface area contributed by atoms with Crippen LogP contribution >= 0.6 is 11.6 Å². The Morgan fingerprint density at radius 3 is 2.58 bits per heavy atom. The molecule has 26 heavy (non-hydrogen) atoms. The fourth-order valence-corrected chi connectivity index (χ4v) is 2.79. The largest absolute Gasteiger partial charge is 0.489 e. The summed E-state index contributed by atoms with van der Waals surface area (Å²) in [6.45, 7) is 1.35. The minimum atomic E-state index is -0.401. The number of hydrogen-bond acceptors (Lipinski definition) is 5. The summed E-state index contributed by atoms with van der Waals surface area (Å²) in [5.74, 6) is 0.267. The fraction of sp³-hybridized carbons (Fsp3) is 0.263. The van der Waals surface area contributed by atoms with Crippen LogP contribution in [0.25, 0.3) is 0 Å². The molecule has 0 fully saturated rings. The Kier molecular flexibility index (Phi) is 5.63. The van der Waals surface area contributed by atoms with Crippen LogP contribution in [-0.4, -0.2) is 32.2 Å². The lowest BCUT2D eigenvalue weighted by atomic mass is 10.1. The van der Waals surface area contributed by atoms with Crippen LogP contribution < -0.4 is 14.8 Å². The van der Waals surface area contributed by atoms with Crippen LogP contribution in [0.1, 0.15) is 32.7 Å². The van der Waals surface area contributed by atoms with E-state index in [1.54, 1.807) is 36.4 Å². The quantitative estimate of drug-likeness (QED) is 0.830. The second-order valence-electron chi connectivity index (χ2n) is 5.71. The van der Waals surface area contributed by atoms with Crippen molar-refractivity contribution in [3.8, 4) is 11.5 Å². The average Bonchev–Trinajstić information content (AvgIpc) is 2.91. The highest BCUT2D eigenvalue weighted by molar-refractivity contribution is 6.32. The highest BCUT2D eigenvalue weighted by atomic mass is 35.5. The van der Waals surface area contributed by atoms with Gasteiger partial charge in [0.15, 0.2) is 11.5 Å². The van der Waals surface area contributed by atoms with E-state index in [2.05, 4.69) is 10.1 Å². The highest BCUT2D eigenvalue weighted by Crippen LogP contribution is 2.37. The topological polar surface area (TPSA) is 73.9 Å². The second kappa shape index (κ2) is 8.10. The summed E-state index contributed by atoms with van der Waals surface area (Å²) >= 11 is 6.21. The smallest absolute Gasteiger partial charge is 0.337 e. The number of methoxy groups -OCH3 is 1. The van der Waals surface area contributed by atoms with E-state index in [9.17, 15) is 9.59 Å². The molecule has 3 rings (SSSR count). The summed E-state index contributed by atoms with van der Waals surface area (Å²) in [6.07, 6.45) is 0.758. The first-order valence-electron chi connectivity index (χ1n) is 8.13. The summed E-state index contributed by atoms with van der Waals surface area (Å²) in [6, 6.07) is 10.0. The third-order valence-electron chi connectivity index (χ3n) is 3.89. The molecule has 2 aromatic rings. The Hall–Kier alpha value is -2.73. The van der Waals surface area contributed by atoms with Crippen molar-refractivity contribution in [2.45, 2.75) is 13.0 Å². The number of ether oxygens (including phenoxy) is 3. The molecule has 1 aliphatic heterocycles. The lowest BCUT2D eigenvalue weighted by Crippen LogP contribution is -2.23. The predicted octanol–water partition coefficient (Wildman–Crippen LogP) is 3.22. The second-order valence-corrected chi connectivity index (χ2v) is 6.11. The molecular formula is C19H18ClNO5. The average molecular weight is 376 g/mol. The Balaban J connectivity index is 1.67. The van der Waals surface area contributed by atoms with Crippen molar-refractivity contribution in [2.24, 2.45) is 0 Å². The first kappa shape index (κ1) is 18.1. The van der Waals surface area contributed by atoms with Gasteiger partial charge in [-0.05, 0) is 29.8 Å². The van der Waals surface area contributed by atoms with Crippen LogP contribution in [0.15, 0.2) is 36.4 Å². The van der Waals surface area contributed by atoms with Crippen molar-refractivity contribution in [3.05, 3.63) is 58.1 Å². The molecule has 136 valence electrons. The van der Waals surface area contributed by atoms with E-state index in [-0.39, 0.29) is 5.91 Å². The van der Waals surface area contributed by atoms with E-state index >= 15 is 0 Å². The lowest BCUT2D eigenvalue weighted by Gasteiger charge is -2.12. The fourth-order valence-electron chi connectivity index (χ4n) is 2.52. The summed E-state index contributed by atoms with van der Waals surface area (Å²) in [4.78, 5) is 23.8. The van der Waals surface area contributed by atoms with Crippen molar-refractivity contribution in [2.75, 3.05) is 20.3 Å². The van der Waals surface area contributed by atoms with E-state index < -0.39 is 5.97 Å². The Bertz CT molecular complexity index is 819. The van der Waals surface area contributed by atoms with Crippen LogP contribution in [0.2, 0.25) is 5.02 Å². The molecule has 0 spiro atoms. The Labute approximate surface area is 156 Å². The maximum absolute atomic E-state index is 12.4. The van der Waals surface area contributed by atoms with Gasteiger partial charge < -0.3 is 19.5 Å². The lowest BCUT2D eigenvalue weighted by molar-refractivity contribution is 0.0600. The van der Waals surface area contributed by atoms with Crippen LogP contribution in [0.3, 0.4) is 0 Å². The van der Waals surface area contributed by atoms with Crippen molar-refractivity contribution in [1.29, 1.82) is 0 Å². The van der Waals surface area contributed by atoms with Gasteiger partial charge in [0, 0.05) is 18.5 Å². The Morgan fingerprint density at radius 2 is 1.85 bits per heavy atom. The van der Waals surface area contributed by atoms with Gasteiger partial charge in [0.05, 0.1) is 30.9 Å². The van der Waals surface area contributed by atoms with Gasteiger partial charge in [-0.2, -0.15) is 0 Å². The number of halogens is 1. The number of esters is 1. The zero-order chi connectivity index (χ0) is 18.5. The van der Waals surface area contributed by atoms with Gasteiger partial charge in [-0.25, -0.2) is 4.79 Å². The number of carbonyl (C=O) groups is 2. The van der Waals surface area contributed by atoms with Gasteiger partial charge in [0.2, 0.25) is 0 Å². The van der Waals surface area contributed by atoms with E-state index in [4.69, 9.17) is 21.1 Å². The first-order valence-corrected chi connectivity index (χ1v) is 8.51. The van der Waals surface area contributed by atoms with Gasteiger partial charge in [-0.15, -0.1) is 0 Å². The first-order chi connectivity index (χ1) is 12.6. The van der Waals surface area contributed by atoms with Crippen molar-refractivity contribution in [1.82, 2.24) is 5.32 Å². The predicted molar refractivity (Wildman–Crippen MR) is 96.0 cm³/mol. The molecule has 7 heteroatoms. The monoisotopic (exact) mass is 375 g/mol. The molecule has 1 N–H and O–H groups in total. The van der Waals surface area contributed by atoms with Gasteiger partial charge in [-0.3, -0.25) is 4.79 Å². The third kappa shape index (κ3) is 4.08. The maximum atomic E-state index is 12.4. The number of amides is 1. The number of rotatable bonds is 4. The molecule has 0 aromatic heterocycles. The summed E-state index contributed by atoms with van der Waals surface area (Å²) < 4.78 is 15.8. The Morgan fingerprint density at radius 1 is 1.12 bits per heavy atom. The molecule has 6 nitrogen and oxygen atoms in total. The van der Waals surface area contributed by atoms with Crippen molar-refractivity contribution >= 4 is 23.5 Å². The normalized spacial score (nSPS) is 12.8. The van der Waals surface area contributed by atoms with Crippen LogP contribution in [-0.2, 0) is 11.3 Å². The van der Waals surface area contributed by atoms with Gasteiger partial charge in [0.1, 0.15) is 0 Å². The zero-order valence-electron chi connectivity index (χ0n) is 14.2. The highest BCUT2D eigenvalue weighted by Gasteiger charge is 2.18. The molecule has 2 aromatic carbocycles. The van der Waals surface area contributed by atoms with Crippen LogP contribution in [0, 0.1) is 0 Å². The van der Waals surface area contributed by atoms with E-state index in [0.29, 0.717) is 47.4 Å². The molecule has 0 unspecified atom stereocenters. The molecular weight excluding hydrogens is 358 g/mol. The standard InChI is InChI=1S/C19H18ClNO5/c1-24-19(23)13-5-3-12(4-6-13)11-21-18(22)14-9-15(20)17-16(10-14)25-7-2-8-26-17/h3-6,9-10H,2,7-8,11H2,1H3,(H,21,22). The molecule has 1 amide bonds. The molecule has 1 heterocycles. The maximum Gasteiger partial charge on any atom is 0.337 e. The minimum absolute atomic E-state index is 0.278. The SMILES string of the molecule is COC(=O)c1ccc(CNC(=O)c2cc(Cl)c3c(c2)OCCCO3)cc1. The van der Waals surface area contributed by atoms with E-state index in [0.717, 1.165) is 12.0 Å². The molecule has 0 saturated carbocycles. The number of hydrogen-bond donors (Lipinski definition) is 1. The molecule has 0 atom stereocenters. The summed E-state index contributed by atoms with van der Waals surface area (Å²) in [5.41, 5.74) is 1.70. The molecule has 0 radical (unpaired) electrons. The van der Waals surface area contributed by atoms with Gasteiger partial charge in [-0.1, -0.05) is 23.7 Å². The minimum Gasteiger partial charge on any atom is -0.489 e. The summed E-state index contributed by atoms with van der Waals surface area (Å²) in [5, 5.41) is 3.16. The molecule has 0 aliphatic carbocycles. The molecule has 1 aliphatic rings. The number of carbonyl (C=O) groups excluding carboxylic acids is 2. The van der Waals surface area contributed by atoms with Crippen molar-refractivity contribution < 1.29 is 23.8 Å². The number of fused-ring (bicyclic) bond motifs is 1. The summed E-state index contributed by atoms with van der Waals surface area (Å²) in [7, 11) is 1.33. The van der Waals surface area contributed by atoms with Crippen molar-refractivity contribution in [3.63, 3.8) is 0 Å². The molecule has 0 saturated heterocycles. The van der Waals surface area contributed by atoms with Crippen LogP contribution in [0.4, 0.5) is 0 Å². The third-order valence-corrected chi connectivity index (χ3v) is 4.17. The number of benzene rings is 2. The van der Waals surface area contributed by atoms with Crippen LogP contribution in [0.5, 0.6) is 11.5 Å².